The van der Waals surface area contributed by atoms with Crippen molar-refractivity contribution in [3.8, 4) is 5.88 Å². The number of methoxy groups -OCH3 is 1. The third kappa shape index (κ3) is 7.76. The number of esters is 1. The van der Waals surface area contributed by atoms with Gasteiger partial charge >= 0.3 is 12.0 Å². The number of likely N-dealkylation sites (tertiary alicyclic amines) is 1. The van der Waals surface area contributed by atoms with Crippen LogP contribution in [0, 0.1) is 11.6 Å². The van der Waals surface area contributed by atoms with E-state index in [2.05, 4.69) is 35.8 Å². The summed E-state index contributed by atoms with van der Waals surface area (Å²) in [5.41, 5.74) is -0.437. The molecule has 0 unspecified atom stereocenters. The Balaban J connectivity index is 0.00000408. The number of hydrogen-bond acceptors (Lipinski definition) is 7. The average Bonchev–Trinajstić information content (AvgIpc) is 3.42. The van der Waals surface area contributed by atoms with Crippen LogP contribution in [0.25, 0.3) is 0 Å². The molecule has 13 heteroatoms. The number of nitrogens with one attached hydrogen (secondary N) is 2. The van der Waals surface area contributed by atoms with Gasteiger partial charge in [-0.25, -0.2) is 18.4 Å². The Hall–Kier alpha value is -2.02. The highest BCUT2D eigenvalue weighted by atomic mass is 79.9. The van der Waals surface area contributed by atoms with Crippen LogP contribution >= 0.6 is 39.9 Å². The number of halogens is 4. The summed E-state index contributed by atoms with van der Waals surface area (Å²) in [4.78, 5) is 26.9. The first-order valence-electron chi connectivity index (χ1n) is 10.5. The van der Waals surface area contributed by atoms with Gasteiger partial charge in [0, 0.05) is 11.0 Å². The maximum atomic E-state index is 14.1. The van der Waals surface area contributed by atoms with Crippen molar-refractivity contribution >= 4 is 56.9 Å². The molecule has 1 aliphatic heterocycles. The zero-order chi connectivity index (χ0) is 23.8. The van der Waals surface area contributed by atoms with Gasteiger partial charge in [0.25, 0.3) is 0 Å². The maximum Gasteiger partial charge on any atom is 0.346 e. The third-order valence-electron chi connectivity index (χ3n) is 5.12. The van der Waals surface area contributed by atoms with E-state index in [-0.39, 0.29) is 38.9 Å². The Morgan fingerprint density at radius 1 is 1.21 bits per heavy atom. The van der Waals surface area contributed by atoms with Crippen molar-refractivity contribution in [2.24, 2.45) is 0 Å². The number of benzene rings is 1. The van der Waals surface area contributed by atoms with Crippen molar-refractivity contribution in [2.75, 3.05) is 38.6 Å². The Kier molecular flexibility index (Phi) is 11.4. The number of aromatic nitrogens is 1. The maximum absolute atomic E-state index is 14.1. The fourth-order valence-corrected chi connectivity index (χ4v) is 4.53. The molecule has 0 radical (unpaired) electrons. The molecule has 1 fully saturated rings. The van der Waals surface area contributed by atoms with Crippen molar-refractivity contribution in [2.45, 2.75) is 32.3 Å². The van der Waals surface area contributed by atoms with Gasteiger partial charge in [-0.1, -0.05) is 15.9 Å². The molecule has 2 amide bonds. The van der Waals surface area contributed by atoms with E-state index in [1.165, 1.54) is 20.0 Å². The fourth-order valence-electron chi connectivity index (χ4n) is 3.41. The number of rotatable bonds is 10. The van der Waals surface area contributed by atoms with Crippen molar-refractivity contribution in [1.29, 1.82) is 0 Å². The molecule has 0 spiro atoms. The van der Waals surface area contributed by atoms with E-state index in [0.717, 1.165) is 56.1 Å². The van der Waals surface area contributed by atoms with Gasteiger partial charge in [-0.05, 0) is 69.0 Å². The van der Waals surface area contributed by atoms with Crippen molar-refractivity contribution < 1.29 is 27.8 Å². The minimum atomic E-state index is -0.806. The smallest absolute Gasteiger partial charge is 0.346 e. The molecular weight excluding hydrogens is 558 g/mol. The van der Waals surface area contributed by atoms with E-state index >= 15 is 0 Å². The second kappa shape index (κ2) is 13.8. The number of unbranched alkanes of at least 4 members (excludes halogenated alkanes) is 1. The topological polar surface area (TPSA) is 92.8 Å². The van der Waals surface area contributed by atoms with Gasteiger partial charge in [-0.2, -0.15) is 4.37 Å². The molecule has 1 aromatic carbocycles. The Bertz CT molecular complexity index is 969. The summed E-state index contributed by atoms with van der Waals surface area (Å²) in [5.74, 6) is -2.59. The lowest BCUT2D eigenvalue weighted by molar-refractivity contribution is 0.0596. The molecule has 8 nitrogen and oxygen atoms in total. The predicted molar refractivity (Wildman–Crippen MR) is 131 cm³/mol. The fraction of sp³-hybridized carbons (Fsp3) is 0.476. The van der Waals surface area contributed by atoms with Crippen molar-refractivity contribution in [3.05, 3.63) is 39.4 Å². The first-order valence-corrected chi connectivity index (χ1v) is 12.1. The minimum Gasteiger partial charge on any atom is -0.471 e. The van der Waals surface area contributed by atoms with E-state index in [9.17, 15) is 18.4 Å². The monoisotopic (exact) mass is 582 g/mol. The molecule has 1 saturated heterocycles. The minimum absolute atomic E-state index is 0. The summed E-state index contributed by atoms with van der Waals surface area (Å²) < 4.78 is 42.5. The second-order valence-electron chi connectivity index (χ2n) is 7.46. The number of carbonyl (C=O) groups is 2. The Morgan fingerprint density at radius 2 is 1.88 bits per heavy atom. The van der Waals surface area contributed by atoms with Crippen LogP contribution in [0.4, 0.5) is 18.6 Å². The van der Waals surface area contributed by atoms with Crippen LogP contribution in [-0.4, -0.2) is 54.6 Å². The number of nitrogens with zero attached hydrogens (tertiary/aromatic N) is 2. The Labute approximate surface area is 215 Å². The van der Waals surface area contributed by atoms with Gasteiger partial charge in [0.05, 0.1) is 12.7 Å². The molecule has 0 aliphatic carbocycles. The van der Waals surface area contributed by atoms with Crippen LogP contribution in [0.3, 0.4) is 0 Å². The van der Waals surface area contributed by atoms with Crippen LogP contribution in [0.1, 0.15) is 41.6 Å². The zero-order valence-electron chi connectivity index (χ0n) is 18.5. The lowest BCUT2D eigenvalue weighted by Gasteiger charge is -2.14. The largest absolute Gasteiger partial charge is 0.471 e. The van der Waals surface area contributed by atoms with Crippen LogP contribution < -0.4 is 15.4 Å². The molecule has 3 rings (SSSR count). The van der Waals surface area contributed by atoms with E-state index in [0.29, 0.717) is 6.54 Å². The summed E-state index contributed by atoms with van der Waals surface area (Å²) in [6.07, 6.45) is 4.30. The lowest BCUT2D eigenvalue weighted by atomic mass is 10.2. The quantitative estimate of drug-likeness (QED) is 0.303. The standard InChI is InChI=1S/C21H25BrF2N4O4S.ClH/c1-31-20(29)17-18(32-12-14-15(23)10-13(22)11-16(14)24)27-33-19(17)26-21(30)25-6-2-3-7-28-8-4-5-9-28;/h10-11H,2-9,12H2,1H3,(H2,25,26,30);1H. The lowest BCUT2D eigenvalue weighted by Crippen LogP contribution is -2.30. The third-order valence-corrected chi connectivity index (χ3v) is 6.33. The number of anilines is 1. The van der Waals surface area contributed by atoms with E-state index in [1.54, 1.807) is 0 Å². The highest BCUT2D eigenvalue weighted by molar-refractivity contribution is 9.10. The van der Waals surface area contributed by atoms with Gasteiger partial charge in [-0.3, -0.25) is 5.32 Å². The molecule has 0 saturated carbocycles. The van der Waals surface area contributed by atoms with Crippen LogP contribution in [-0.2, 0) is 11.3 Å². The Morgan fingerprint density at radius 3 is 2.53 bits per heavy atom. The zero-order valence-corrected chi connectivity index (χ0v) is 21.7. The number of carbonyl (C=O) groups excluding carboxylic acids is 2. The van der Waals surface area contributed by atoms with E-state index in [4.69, 9.17) is 9.47 Å². The summed E-state index contributed by atoms with van der Waals surface area (Å²) in [7, 11) is 1.17. The predicted octanol–water partition coefficient (Wildman–Crippen LogP) is 4.97. The SMILES string of the molecule is COC(=O)c1c(OCc2c(F)cc(Br)cc2F)nsc1NC(=O)NCCCCN1CCCC1.Cl. The van der Waals surface area contributed by atoms with Crippen molar-refractivity contribution in [3.63, 3.8) is 0 Å². The molecule has 0 atom stereocenters. The summed E-state index contributed by atoms with van der Waals surface area (Å²) in [5, 5.41) is 5.42. The molecule has 2 N–H and O–H groups in total. The second-order valence-corrected chi connectivity index (χ2v) is 9.15. The molecular formula is C21H26BrClF2N4O4S. The van der Waals surface area contributed by atoms with Gasteiger partial charge < -0.3 is 19.7 Å². The van der Waals surface area contributed by atoms with Crippen LogP contribution in [0.5, 0.6) is 5.88 Å². The van der Waals surface area contributed by atoms with Crippen molar-refractivity contribution in [1.82, 2.24) is 14.6 Å². The molecule has 2 heterocycles. The molecule has 1 aromatic heterocycles. The number of ether oxygens (including phenoxy) is 2. The van der Waals surface area contributed by atoms with Crippen LogP contribution in [0.15, 0.2) is 16.6 Å². The highest BCUT2D eigenvalue weighted by Crippen LogP contribution is 2.32. The average molecular weight is 584 g/mol. The summed E-state index contributed by atoms with van der Waals surface area (Å²) in [6, 6.07) is 1.71. The molecule has 34 heavy (non-hydrogen) atoms. The normalized spacial score (nSPS) is 13.3. The summed E-state index contributed by atoms with van der Waals surface area (Å²) in [6.45, 7) is 3.28. The number of hydrogen-bond donors (Lipinski definition) is 2. The molecule has 188 valence electrons. The first kappa shape index (κ1) is 28.2. The van der Waals surface area contributed by atoms with E-state index < -0.39 is 30.2 Å². The van der Waals surface area contributed by atoms with Crippen LogP contribution in [0.2, 0.25) is 0 Å². The number of amides is 2. The highest BCUT2D eigenvalue weighted by Gasteiger charge is 2.25. The molecule has 0 bridgehead atoms. The van der Waals surface area contributed by atoms with Gasteiger partial charge in [0.15, 0.2) is 5.56 Å². The van der Waals surface area contributed by atoms with Gasteiger partial charge in [-0.15, -0.1) is 12.4 Å². The van der Waals surface area contributed by atoms with Gasteiger partial charge in [0.1, 0.15) is 23.2 Å². The number of urea groups is 1. The van der Waals surface area contributed by atoms with Gasteiger partial charge in [0.2, 0.25) is 5.88 Å². The first-order chi connectivity index (χ1) is 15.9. The van der Waals surface area contributed by atoms with E-state index in [1.807, 2.05) is 0 Å². The molecule has 2 aromatic rings. The summed E-state index contributed by atoms with van der Waals surface area (Å²) >= 11 is 3.82. The molecule has 1 aliphatic rings.